The number of hydrogen-bond donors (Lipinski definition) is 1. The first-order valence-electron chi connectivity index (χ1n) is 7.51. The highest BCUT2D eigenvalue weighted by Crippen LogP contribution is 2.37. The number of nitrogens with one attached hydrogen (secondary N) is 1. The zero-order valence-electron chi connectivity index (χ0n) is 12.8. The topological polar surface area (TPSA) is 30.5 Å². The molecule has 0 bridgehead atoms. The van der Waals surface area contributed by atoms with E-state index in [4.69, 9.17) is 9.47 Å². The lowest BCUT2D eigenvalue weighted by Gasteiger charge is -2.15. The Hall–Kier alpha value is -0.740. The summed E-state index contributed by atoms with van der Waals surface area (Å²) in [4.78, 5) is 0. The van der Waals surface area contributed by atoms with Crippen molar-refractivity contribution >= 4 is 15.9 Å². The second kappa shape index (κ2) is 10.1. The van der Waals surface area contributed by atoms with E-state index in [9.17, 15) is 0 Å². The summed E-state index contributed by atoms with van der Waals surface area (Å²) in [6.07, 6.45) is 3.40. The maximum absolute atomic E-state index is 5.78. The zero-order valence-corrected chi connectivity index (χ0v) is 14.4. The van der Waals surface area contributed by atoms with Gasteiger partial charge in [-0.15, -0.1) is 0 Å². The second-order valence-electron chi connectivity index (χ2n) is 4.72. The number of rotatable bonds is 10. The van der Waals surface area contributed by atoms with Gasteiger partial charge in [-0.1, -0.05) is 20.3 Å². The minimum atomic E-state index is 0.641. The summed E-state index contributed by atoms with van der Waals surface area (Å²) in [6, 6.07) is 4.17. The van der Waals surface area contributed by atoms with E-state index in [1.165, 1.54) is 18.4 Å². The summed E-state index contributed by atoms with van der Waals surface area (Å²) in [6.45, 7) is 9.53. The van der Waals surface area contributed by atoms with E-state index < -0.39 is 0 Å². The molecular weight excluding hydrogens is 318 g/mol. The maximum atomic E-state index is 5.78. The van der Waals surface area contributed by atoms with Crippen molar-refractivity contribution in [3.8, 4) is 11.5 Å². The van der Waals surface area contributed by atoms with Gasteiger partial charge < -0.3 is 14.8 Å². The average molecular weight is 344 g/mol. The van der Waals surface area contributed by atoms with Crippen LogP contribution in [-0.2, 0) is 6.54 Å². The number of ether oxygens (including phenoxy) is 2. The molecule has 0 atom stereocenters. The minimum absolute atomic E-state index is 0.641. The quantitative estimate of drug-likeness (QED) is 0.633. The molecule has 1 N–H and O–H groups in total. The molecule has 0 spiro atoms. The van der Waals surface area contributed by atoms with Crippen molar-refractivity contribution in [1.29, 1.82) is 0 Å². The molecule has 0 fully saturated rings. The van der Waals surface area contributed by atoms with Gasteiger partial charge in [0.05, 0.1) is 17.7 Å². The van der Waals surface area contributed by atoms with Crippen molar-refractivity contribution in [2.45, 2.75) is 46.6 Å². The fourth-order valence-electron chi connectivity index (χ4n) is 1.87. The van der Waals surface area contributed by atoms with Crippen LogP contribution in [0.3, 0.4) is 0 Å². The van der Waals surface area contributed by atoms with E-state index in [2.05, 4.69) is 47.2 Å². The van der Waals surface area contributed by atoms with Gasteiger partial charge in [0.15, 0.2) is 11.5 Å². The van der Waals surface area contributed by atoms with Crippen LogP contribution in [0.25, 0.3) is 0 Å². The minimum Gasteiger partial charge on any atom is -0.490 e. The van der Waals surface area contributed by atoms with Crippen molar-refractivity contribution < 1.29 is 9.47 Å². The Morgan fingerprint density at radius 3 is 2.55 bits per heavy atom. The molecule has 0 saturated carbocycles. The fourth-order valence-corrected chi connectivity index (χ4v) is 2.47. The van der Waals surface area contributed by atoms with Crippen LogP contribution in [0, 0.1) is 0 Å². The van der Waals surface area contributed by atoms with Crippen molar-refractivity contribution in [2.24, 2.45) is 0 Å². The summed E-state index contributed by atoms with van der Waals surface area (Å²) >= 11 is 3.59. The Labute approximate surface area is 131 Å². The summed E-state index contributed by atoms with van der Waals surface area (Å²) in [5.74, 6) is 1.63. The second-order valence-corrected chi connectivity index (χ2v) is 5.57. The van der Waals surface area contributed by atoms with Crippen LogP contribution >= 0.6 is 15.9 Å². The Morgan fingerprint density at radius 2 is 1.90 bits per heavy atom. The van der Waals surface area contributed by atoms with E-state index in [0.717, 1.165) is 35.5 Å². The molecule has 114 valence electrons. The molecule has 0 aliphatic heterocycles. The molecule has 0 aromatic heterocycles. The first-order chi connectivity index (χ1) is 9.72. The van der Waals surface area contributed by atoms with Crippen molar-refractivity contribution in [3.05, 3.63) is 22.2 Å². The maximum Gasteiger partial charge on any atom is 0.175 e. The van der Waals surface area contributed by atoms with Crippen molar-refractivity contribution in [1.82, 2.24) is 5.32 Å². The molecule has 0 unspecified atom stereocenters. The summed E-state index contributed by atoms with van der Waals surface area (Å²) < 4.78 is 12.4. The van der Waals surface area contributed by atoms with Crippen molar-refractivity contribution in [2.75, 3.05) is 19.8 Å². The third-order valence-corrected chi connectivity index (χ3v) is 3.44. The normalized spacial score (nSPS) is 10.6. The first kappa shape index (κ1) is 17.3. The lowest BCUT2D eigenvalue weighted by atomic mass is 10.2. The molecule has 0 aliphatic carbocycles. The highest BCUT2D eigenvalue weighted by molar-refractivity contribution is 9.10. The molecule has 3 nitrogen and oxygen atoms in total. The van der Waals surface area contributed by atoms with Crippen LogP contribution < -0.4 is 14.8 Å². The monoisotopic (exact) mass is 343 g/mol. The Kier molecular flexibility index (Phi) is 8.70. The Balaban J connectivity index is 2.77. The SMILES string of the molecule is CCCCNCc1cc(Br)c(OCCC)c(OCC)c1. The predicted octanol–water partition coefficient (Wildman–Crippen LogP) is 4.53. The van der Waals surface area contributed by atoms with Crippen LogP contribution in [-0.4, -0.2) is 19.8 Å². The smallest absolute Gasteiger partial charge is 0.175 e. The molecule has 0 radical (unpaired) electrons. The largest absolute Gasteiger partial charge is 0.490 e. The molecule has 0 amide bonds. The molecule has 0 heterocycles. The third-order valence-electron chi connectivity index (χ3n) is 2.86. The van der Waals surface area contributed by atoms with Crippen LogP contribution in [0.4, 0.5) is 0 Å². The van der Waals surface area contributed by atoms with Gasteiger partial charge in [0, 0.05) is 6.54 Å². The van der Waals surface area contributed by atoms with Gasteiger partial charge in [0.2, 0.25) is 0 Å². The average Bonchev–Trinajstić information content (AvgIpc) is 2.43. The molecule has 1 rings (SSSR count). The van der Waals surface area contributed by atoms with Crippen LogP contribution in [0.2, 0.25) is 0 Å². The number of benzene rings is 1. The highest BCUT2D eigenvalue weighted by Gasteiger charge is 2.11. The first-order valence-corrected chi connectivity index (χ1v) is 8.30. The summed E-state index contributed by atoms with van der Waals surface area (Å²) in [5, 5.41) is 3.44. The van der Waals surface area contributed by atoms with Crippen LogP contribution in [0.5, 0.6) is 11.5 Å². The lowest BCUT2D eigenvalue weighted by Crippen LogP contribution is -2.14. The molecular formula is C16H26BrNO2. The summed E-state index contributed by atoms with van der Waals surface area (Å²) in [5.41, 5.74) is 1.21. The van der Waals surface area contributed by atoms with Gasteiger partial charge in [0.1, 0.15) is 0 Å². The lowest BCUT2D eigenvalue weighted by molar-refractivity contribution is 0.275. The van der Waals surface area contributed by atoms with E-state index in [1.807, 2.05) is 6.92 Å². The van der Waals surface area contributed by atoms with E-state index in [1.54, 1.807) is 0 Å². The third kappa shape index (κ3) is 5.71. The predicted molar refractivity (Wildman–Crippen MR) is 87.7 cm³/mol. The number of unbranched alkanes of at least 4 members (excludes halogenated alkanes) is 1. The molecule has 4 heteroatoms. The van der Waals surface area contributed by atoms with Gasteiger partial charge in [-0.25, -0.2) is 0 Å². The zero-order chi connectivity index (χ0) is 14.8. The fraction of sp³-hybridized carbons (Fsp3) is 0.625. The van der Waals surface area contributed by atoms with Gasteiger partial charge in [0.25, 0.3) is 0 Å². The van der Waals surface area contributed by atoms with Crippen molar-refractivity contribution in [3.63, 3.8) is 0 Å². The summed E-state index contributed by atoms with van der Waals surface area (Å²) in [7, 11) is 0. The standard InChI is InChI=1S/C16H26BrNO2/c1-4-7-8-18-12-13-10-14(17)16(20-9-5-2)15(11-13)19-6-3/h10-11,18H,4-9,12H2,1-3H3. The van der Waals surface area contributed by atoms with Gasteiger partial charge in [-0.3, -0.25) is 0 Å². The Bertz CT molecular complexity index is 396. The molecule has 0 aliphatic rings. The van der Waals surface area contributed by atoms with Gasteiger partial charge in [-0.2, -0.15) is 0 Å². The highest BCUT2D eigenvalue weighted by atomic mass is 79.9. The van der Waals surface area contributed by atoms with E-state index in [0.29, 0.717) is 13.2 Å². The van der Waals surface area contributed by atoms with Crippen LogP contribution in [0.15, 0.2) is 16.6 Å². The molecule has 0 saturated heterocycles. The number of hydrogen-bond acceptors (Lipinski definition) is 3. The van der Waals surface area contributed by atoms with Crippen LogP contribution in [0.1, 0.15) is 45.6 Å². The van der Waals surface area contributed by atoms with E-state index >= 15 is 0 Å². The van der Waals surface area contributed by atoms with Gasteiger partial charge in [-0.05, 0) is 59.9 Å². The molecule has 20 heavy (non-hydrogen) atoms. The van der Waals surface area contributed by atoms with E-state index in [-0.39, 0.29) is 0 Å². The molecule has 1 aromatic carbocycles. The van der Waals surface area contributed by atoms with Gasteiger partial charge >= 0.3 is 0 Å². The number of halogens is 1. The Morgan fingerprint density at radius 1 is 1.10 bits per heavy atom. The molecule has 1 aromatic rings.